The second-order valence-corrected chi connectivity index (χ2v) is 5.18. The summed E-state index contributed by atoms with van der Waals surface area (Å²) in [7, 11) is 0. The lowest BCUT2D eigenvalue weighted by Gasteiger charge is -2.19. The number of hydrogen-bond acceptors (Lipinski definition) is 1. The first-order chi connectivity index (χ1) is 6.86. The zero-order valence-corrected chi connectivity index (χ0v) is 10.3. The van der Waals surface area contributed by atoms with E-state index >= 15 is 0 Å². The fourth-order valence-electron chi connectivity index (χ4n) is 1.47. The minimum absolute atomic E-state index is 0.0567. The van der Waals surface area contributed by atoms with Crippen LogP contribution in [0.2, 0.25) is 0 Å². The summed E-state index contributed by atoms with van der Waals surface area (Å²) in [6.07, 6.45) is 5.49. The van der Waals surface area contributed by atoms with Crippen molar-refractivity contribution in [3.05, 3.63) is 29.1 Å². The molecule has 0 atom stereocenters. The van der Waals surface area contributed by atoms with Crippen molar-refractivity contribution in [2.45, 2.75) is 46.0 Å². The first-order valence-electron chi connectivity index (χ1n) is 5.34. The van der Waals surface area contributed by atoms with Gasteiger partial charge in [0.15, 0.2) is 0 Å². The first-order valence-corrected chi connectivity index (χ1v) is 5.34. The molecular formula is C14H19N. The molecule has 1 aromatic heterocycles. The van der Waals surface area contributed by atoms with Crippen LogP contribution in [0.1, 0.15) is 57.5 Å². The Labute approximate surface area is 92.9 Å². The van der Waals surface area contributed by atoms with Gasteiger partial charge in [-0.05, 0) is 23.5 Å². The lowest BCUT2D eigenvalue weighted by molar-refractivity contribution is 0.567. The molecule has 0 spiro atoms. The maximum Gasteiger partial charge on any atom is 0.116 e. The Morgan fingerprint density at radius 1 is 1.27 bits per heavy atom. The summed E-state index contributed by atoms with van der Waals surface area (Å²) in [4.78, 5) is 4.55. The zero-order valence-electron chi connectivity index (χ0n) is 10.3. The summed E-state index contributed by atoms with van der Waals surface area (Å²) in [5.41, 5.74) is 3.06. The van der Waals surface area contributed by atoms with E-state index in [4.69, 9.17) is 6.42 Å². The van der Waals surface area contributed by atoms with Crippen LogP contribution in [0.3, 0.4) is 0 Å². The summed E-state index contributed by atoms with van der Waals surface area (Å²) in [5.74, 6) is 3.11. The highest BCUT2D eigenvalue weighted by Gasteiger charge is 2.17. The van der Waals surface area contributed by atoms with Crippen LogP contribution in [-0.2, 0) is 5.41 Å². The normalized spacial score (nSPS) is 11.5. The first kappa shape index (κ1) is 11.8. The number of nitrogens with zero attached hydrogens (tertiary/aromatic N) is 1. The molecule has 0 saturated heterocycles. The maximum atomic E-state index is 5.49. The molecule has 0 amide bonds. The Morgan fingerprint density at radius 2 is 1.87 bits per heavy atom. The fraction of sp³-hybridized carbons (Fsp3) is 0.500. The van der Waals surface area contributed by atoms with E-state index < -0.39 is 0 Å². The van der Waals surface area contributed by atoms with Gasteiger partial charge in [-0.25, -0.2) is 4.98 Å². The molecule has 0 radical (unpaired) electrons. The molecule has 1 nitrogen and oxygen atoms in total. The summed E-state index contributed by atoms with van der Waals surface area (Å²) in [6.45, 7) is 10.7. The summed E-state index contributed by atoms with van der Waals surface area (Å²) in [5, 5.41) is 0. The van der Waals surface area contributed by atoms with E-state index in [1.54, 1.807) is 0 Å². The molecular weight excluding hydrogens is 182 g/mol. The van der Waals surface area contributed by atoms with Crippen molar-refractivity contribution in [2.24, 2.45) is 0 Å². The van der Waals surface area contributed by atoms with Gasteiger partial charge in [0.25, 0.3) is 0 Å². The van der Waals surface area contributed by atoms with Gasteiger partial charge in [0.2, 0.25) is 0 Å². The molecule has 15 heavy (non-hydrogen) atoms. The second-order valence-electron chi connectivity index (χ2n) is 5.18. The third-order valence-electron chi connectivity index (χ3n) is 2.45. The van der Waals surface area contributed by atoms with E-state index in [0.717, 1.165) is 17.0 Å². The molecule has 0 aliphatic carbocycles. The lowest BCUT2D eigenvalue weighted by atomic mass is 9.90. The average molecular weight is 201 g/mol. The minimum atomic E-state index is 0.0567. The summed E-state index contributed by atoms with van der Waals surface area (Å²) in [6, 6.07) is 4.18. The van der Waals surface area contributed by atoms with Crippen LogP contribution in [0.4, 0.5) is 0 Å². The van der Waals surface area contributed by atoms with E-state index in [-0.39, 0.29) is 5.41 Å². The van der Waals surface area contributed by atoms with Gasteiger partial charge < -0.3 is 0 Å². The van der Waals surface area contributed by atoms with Crippen molar-refractivity contribution in [1.29, 1.82) is 0 Å². The van der Waals surface area contributed by atoms with Crippen molar-refractivity contribution in [3.8, 4) is 12.3 Å². The van der Waals surface area contributed by atoms with Crippen LogP contribution in [0.5, 0.6) is 0 Å². The van der Waals surface area contributed by atoms with Crippen molar-refractivity contribution < 1.29 is 0 Å². The molecule has 0 aliphatic heterocycles. The van der Waals surface area contributed by atoms with Gasteiger partial charge in [-0.15, -0.1) is 6.42 Å². The molecule has 0 N–H and O–H groups in total. The quantitative estimate of drug-likeness (QED) is 0.634. The molecule has 80 valence electrons. The third-order valence-corrected chi connectivity index (χ3v) is 2.45. The SMILES string of the molecule is C#Cc1nc(C(C)(C)C)ccc1C(C)C. The molecule has 0 bridgehead atoms. The Morgan fingerprint density at radius 3 is 2.27 bits per heavy atom. The van der Waals surface area contributed by atoms with Gasteiger partial charge >= 0.3 is 0 Å². The highest BCUT2D eigenvalue weighted by atomic mass is 14.7. The average Bonchev–Trinajstić information content (AvgIpc) is 2.15. The van der Waals surface area contributed by atoms with Crippen LogP contribution >= 0.6 is 0 Å². The van der Waals surface area contributed by atoms with Crippen molar-refractivity contribution in [2.75, 3.05) is 0 Å². The third kappa shape index (κ3) is 2.59. The molecule has 0 saturated carbocycles. The standard InChI is InChI=1S/C14H19N/c1-7-12-11(10(2)3)8-9-13(15-12)14(4,5)6/h1,8-10H,2-6H3. The number of pyridine rings is 1. The fourth-order valence-corrected chi connectivity index (χ4v) is 1.47. The predicted octanol–water partition coefficient (Wildman–Crippen LogP) is 3.48. The largest absolute Gasteiger partial charge is 0.244 e. The van der Waals surface area contributed by atoms with Gasteiger partial charge in [0.05, 0.1) is 0 Å². The molecule has 1 heterocycles. The van der Waals surface area contributed by atoms with Gasteiger partial charge in [-0.3, -0.25) is 0 Å². The lowest BCUT2D eigenvalue weighted by Crippen LogP contribution is -2.15. The van der Waals surface area contributed by atoms with Crippen LogP contribution in [0.15, 0.2) is 12.1 Å². The van der Waals surface area contributed by atoms with Crippen LogP contribution in [0.25, 0.3) is 0 Å². The highest BCUT2D eigenvalue weighted by Crippen LogP contribution is 2.24. The van der Waals surface area contributed by atoms with Gasteiger partial charge in [-0.2, -0.15) is 0 Å². The molecule has 0 unspecified atom stereocenters. The van der Waals surface area contributed by atoms with E-state index in [1.807, 2.05) is 0 Å². The maximum absolute atomic E-state index is 5.49. The summed E-state index contributed by atoms with van der Waals surface area (Å²) >= 11 is 0. The van der Waals surface area contributed by atoms with E-state index in [2.05, 4.69) is 57.7 Å². The second kappa shape index (κ2) is 4.06. The topological polar surface area (TPSA) is 12.9 Å². The molecule has 1 aromatic rings. The van der Waals surface area contributed by atoms with E-state index in [9.17, 15) is 0 Å². The van der Waals surface area contributed by atoms with E-state index in [0.29, 0.717) is 5.92 Å². The molecule has 1 rings (SSSR count). The Bertz CT molecular complexity index is 389. The van der Waals surface area contributed by atoms with Crippen LogP contribution < -0.4 is 0 Å². The smallest absolute Gasteiger partial charge is 0.116 e. The summed E-state index contributed by atoms with van der Waals surface area (Å²) < 4.78 is 0. The van der Waals surface area contributed by atoms with Crippen molar-refractivity contribution >= 4 is 0 Å². The van der Waals surface area contributed by atoms with Gasteiger partial charge in [0.1, 0.15) is 5.69 Å². The van der Waals surface area contributed by atoms with E-state index in [1.165, 1.54) is 0 Å². The zero-order chi connectivity index (χ0) is 11.6. The highest BCUT2D eigenvalue weighted by molar-refractivity contribution is 5.38. The van der Waals surface area contributed by atoms with Crippen molar-refractivity contribution in [3.63, 3.8) is 0 Å². The Hall–Kier alpha value is -1.29. The number of terminal acetylenes is 1. The minimum Gasteiger partial charge on any atom is -0.244 e. The number of hydrogen-bond donors (Lipinski definition) is 0. The van der Waals surface area contributed by atoms with Crippen molar-refractivity contribution in [1.82, 2.24) is 4.98 Å². The van der Waals surface area contributed by atoms with Crippen LogP contribution in [0, 0.1) is 12.3 Å². The molecule has 0 aromatic carbocycles. The predicted molar refractivity (Wildman–Crippen MR) is 65.0 cm³/mol. The molecule has 0 aliphatic rings. The van der Waals surface area contributed by atoms with Gasteiger partial charge in [0, 0.05) is 11.1 Å². The number of aromatic nitrogens is 1. The molecule has 1 heteroatoms. The van der Waals surface area contributed by atoms with Crippen LogP contribution in [-0.4, -0.2) is 4.98 Å². The molecule has 0 fully saturated rings. The monoisotopic (exact) mass is 201 g/mol. The number of rotatable bonds is 1. The van der Waals surface area contributed by atoms with Gasteiger partial charge in [-0.1, -0.05) is 40.7 Å². The Kier molecular flexibility index (Phi) is 3.19. The Balaban J connectivity index is 3.27.